The van der Waals surface area contributed by atoms with Crippen molar-refractivity contribution in [2.45, 2.75) is 53.1 Å². The molecule has 0 aliphatic carbocycles. The Hall–Kier alpha value is -1.35. The third-order valence-electron chi connectivity index (χ3n) is 4.29. The van der Waals surface area contributed by atoms with Gasteiger partial charge in [-0.15, -0.1) is 0 Å². The van der Waals surface area contributed by atoms with Crippen LogP contribution < -0.4 is 0 Å². The minimum atomic E-state index is -0.443. The van der Waals surface area contributed by atoms with E-state index in [0.29, 0.717) is 11.8 Å². The van der Waals surface area contributed by atoms with Crippen molar-refractivity contribution in [3.05, 3.63) is 36.0 Å². The van der Waals surface area contributed by atoms with E-state index in [1.807, 2.05) is 33.8 Å². The number of esters is 1. The summed E-state index contributed by atoms with van der Waals surface area (Å²) in [7, 11) is 2.15. The maximum atomic E-state index is 12.0. The highest BCUT2D eigenvalue weighted by atomic mass is 16.6. The van der Waals surface area contributed by atoms with Crippen LogP contribution in [0.1, 0.15) is 48.9 Å². The average Bonchev–Trinajstić information content (AvgIpc) is 2.41. The van der Waals surface area contributed by atoms with Crippen LogP contribution in [0.2, 0.25) is 0 Å². The molecule has 1 rings (SSSR count). The van der Waals surface area contributed by atoms with Crippen LogP contribution in [0, 0.1) is 11.8 Å². The van der Waals surface area contributed by atoms with Gasteiger partial charge in [0.15, 0.2) is 0 Å². The fourth-order valence-corrected chi connectivity index (χ4v) is 3.25. The summed E-state index contributed by atoms with van der Waals surface area (Å²) < 4.78 is 5.41. The van der Waals surface area contributed by atoms with E-state index >= 15 is 0 Å². The molecule has 2 unspecified atom stereocenters. The van der Waals surface area contributed by atoms with Crippen molar-refractivity contribution in [2.24, 2.45) is 11.8 Å². The van der Waals surface area contributed by atoms with Gasteiger partial charge in [0.25, 0.3) is 0 Å². The molecule has 3 heteroatoms. The quantitative estimate of drug-likeness (QED) is 0.421. The van der Waals surface area contributed by atoms with E-state index in [2.05, 4.69) is 31.5 Å². The highest BCUT2D eigenvalue weighted by Gasteiger charge is 2.28. The normalized spacial score (nSPS) is 24.4. The van der Waals surface area contributed by atoms with Crippen LogP contribution in [0.3, 0.4) is 0 Å². The van der Waals surface area contributed by atoms with Gasteiger partial charge in [0.05, 0.1) is 0 Å². The summed E-state index contributed by atoms with van der Waals surface area (Å²) in [6.07, 6.45) is 7.84. The minimum absolute atomic E-state index is 0. The molecule has 0 aromatic rings. The van der Waals surface area contributed by atoms with Crippen molar-refractivity contribution in [3.63, 3.8) is 0 Å². The molecule has 1 aliphatic rings. The van der Waals surface area contributed by atoms with Crippen LogP contribution in [-0.4, -0.2) is 36.6 Å². The molecule has 1 fully saturated rings. The molecule has 0 spiro atoms. The van der Waals surface area contributed by atoms with E-state index in [4.69, 9.17) is 4.74 Å². The summed E-state index contributed by atoms with van der Waals surface area (Å²) in [5.41, 5.74) is 2.12. The predicted octanol–water partition coefficient (Wildman–Crippen LogP) is 4.61. The Morgan fingerprint density at radius 2 is 1.96 bits per heavy atom. The lowest BCUT2D eigenvalue weighted by Crippen LogP contribution is -2.39. The average molecular weight is 322 g/mol. The molecule has 0 saturated carbocycles. The number of carbonyl (C=O) groups excluding carboxylic acids is 1. The fourth-order valence-electron chi connectivity index (χ4n) is 3.25. The van der Waals surface area contributed by atoms with Gasteiger partial charge < -0.3 is 9.64 Å². The molecule has 1 saturated heterocycles. The monoisotopic (exact) mass is 321 g/mol. The van der Waals surface area contributed by atoms with Crippen molar-refractivity contribution in [1.82, 2.24) is 4.90 Å². The standard InChI is InChI=1S/C20H33NO2.H2/c1-8-10-16(9-2)18-12-17(13-21(7)14-18)15(3)11-19(22)23-20(4,5)6;/h8,10-11,17-18H,1,9,12-14H2,2-7H3;1H/b15-11-,16-10+;. The molecular formula is C20H35NO2. The summed E-state index contributed by atoms with van der Waals surface area (Å²) in [4.78, 5) is 14.4. The van der Waals surface area contributed by atoms with Crippen molar-refractivity contribution in [1.29, 1.82) is 0 Å². The summed E-state index contributed by atoms with van der Waals surface area (Å²) in [6.45, 7) is 15.8. The van der Waals surface area contributed by atoms with Crippen molar-refractivity contribution >= 4 is 5.97 Å². The Morgan fingerprint density at radius 3 is 2.48 bits per heavy atom. The highest BCUT2D eigenvalue weighted by Crippen LogP contribution is 2.32. The van der Waals surface area contributed by atoms with Crippen LogP contribution in [0.5, 0.6) is 0 Å². The fraction of sp³-hybridized carbons (Fsp3) is 0.650. The Kier molecular flexibility index (Phi) is 7.27. The number of carbonyl (C=O) groups is 1. The predicted molar refractivity (Wildman–Crippen MR) is 99.4 cm³/mol. The zero-order valence-electron chi connectivity index (χ0n) is 15.7. The lowest BCUT2D eigenvalue weighted by atomic mass is 9.80. The molecular weight excluding hydrogens is 286 g/mol. The molecule has 1 heterocycles. The first-order valence-electron chi connectivity index (χ1n) is 8.57. The van der Waals surface area contributed by atoms with Gasteiger partial charge in [-0.25, -0.2) is 4.79 Å². The maximum absolute atomic E-state index is 12.0. The van der Waals surface area contributed by atoms with E-state index in [-0.39, 0.29) is 7.40 Å². The molecule has 2 atom stereocenters. The number of ether oxygens (including phenoxy) is 1. The van der Waals surface area contributed by atoms with Crippen LogP contribution in [0.15, 0.2) is 36.0 Å². The van der Waals surface area contributed by atoms with Gasteiger partial charge in [-0.3, -0.25) is 0 Å². The highest BCUT2D eigenvalue weighted by molar-refractivity contribution is 5.83. The van der Waals surface area contributed by atoms with Crippen molar-refractivity contribution in [2.75, 3.05) is 20.1 Å². The molecule has 1 aliphatic heterocycles. The number of hydrogen-bond donors (Lipinski definition) is 0. The maximum Gasteiger partial charge on any atom is 0.331 e. The minimum Gasteiger partial charge on any atom is -0.457 e. The van der Waals surface area contributed by atoms with E-state index in [1.54, 1.807) is 6.08 Å². The molecule has 0 amide bonds. The third kappa shape index (κ3) is 6.74. The van der Waals surface area contributed by atoms with E-state index < -0.39 is 5.60 Å². The number of likely N-dealkylation sites (tertiary alicyclic amines) is 1. The van der Waals surface area contributed by atoms with Gasteiger partial charge in [0, 0.05) is 20.6 Å². The van der Waals surface area contributed by atoms with Crippen LogP contribution >= 0.6 is 0 Å². The number of rotatable bonds is 5. The Balaban J connectivity index is 0.00000529. The molecule has 132 valence electrons. The zero-order chi connectivity index (χ0) is 17.6. The summed E-state index contributed by atoms with van der Waals surface area (Å²) in [6, 6.07) is 0. The smallest absolute Gasteiger partial charge is 0.331 e. The lowest BCUT2D eigenvalue weighted by Gasteiger charge is -2.37. The van der Waals surface area contributed by atoms with E-state index in [0.717, 1.165) is 31.5 Å². The van der Waals surface area contributed by atoms with E-state index in [9.17, 15) is 4.79 Å². The second kappa shape index (κ2) is 8.49. The molecule has 0 bridgehead atoms. The number of nitrogens with zero attached hydrogens (tertiary/aromatic N) is 1. The molecule has 0 aromatic carbocycles. The molecule has 0 aromatic heterocycles. The van der Waals surface area contributed by atoms with Gasteiger partial charge in [-0.05, 0) is 59.4 Å². The first kappa shape index (κ1) is 19.7. The van der Waals surface area contributed by atoms with Crippen molar-refractivity contribution in [3.8, 4) is 0 Å². The van der Waals surface area contributed by atoms with Gasteiger partial charge in [-0.2, -0.15) is 0 Å². The zero-order valence-corrected chi connectivity index (χ0v) is 15.7. The largest absolute Gasteiger partial charge is 0.457 e. The second-order valence-electron chi connectivity index (χ2n) is 7.60. The summed E-state index contributed by atoms with van der Waals surface area (Å²) in [5, 5.41) is 0. The SMILES string of the molecule is C=C/C=C(\CC)C1CC(/C(C)=C\C(=O)OC(C)(C)C)CN(C)C1.[HH]. The Labute approximate surface area is 143 Å². The van der Waals surface area contributed by atoms with Crippen LogP contribution in [0.4, 0.5) is 0 Å². The summed E-state index contributed by atoms with van der Waals surface area (Å²) >= 11 is 0. The first-order valence-corrected chi connectivity index (χ1v) is 8.57. The second-order valence-corrected chi connectivity index (χ2v) is 7.60. The van der Waals surface area contributed by atoms with Gasteiger partial charge in [0.2, 0.25) is 0 Å². The van der Waals surface area contributed by atoms with Gasteiger partial charge in [-0.1, -0.05) is 36.8 Å². The Morgan fingerprint density at radius 1 is 1.35 bits per heavy atom. The number of allylic oxidation sites excluding steroid dienone is 2. The van der Waals surface area contributed by atoms with Gasteiger partial charge >= 0.3 is 5.97 Å². The lowest BCUT2D eigenvalue weighted by molar-refractivity contribution is -0.148. The van der Waals surface area contributed by atoms with Gasteiger partial charge in [0.1, 0.15) is 5.60 Å². The number of piperidine rings is 1. The van der Waals surface area contributed by atoms with Crippen LogP contribution in [0.25, 0.3) is 0 Å². The molecule has 0 radical (unpaired) electrons. The first-order chi connectivity index (χ1) is 10.7. The van der Waals surface area contributed by atoms with Crippen LogP contribution in [-0.2, 0) is 9.53 Å². The molecule has 3 nitrogen and oxygen atoms in total. The summed E-state index contributed by atoms with van der Waals surface area (Å²) in [5.74, 6) is 0.687. The third-order valence-corrected chi connectivity index (χ3v) is 4.29. The molecule has 23 heavy (non-hydrogen) atoms. The number of hydrogen-bond acceptors (Lipinski definition) is 3. The molecule has 0 N–H and O–H groups in total. The topological polar surface area (TPSA) is 29.5 Å². The van der Waals surface area contributed by atoms with Crippen molar-refractivity contribution < 1.29 is 11.0 Å². The van der Waals surface area contributed by atoms with E-state index in [1.165, 1.54) is 5.57 Å². The Bertz CT molecular complexity index is 488.